The highest BCUT2D eigenvalue weighted by Gasteiger charge is 2.30. The Morgan fingerprint density at radius 3 is 0.780 bits per heavy atom. The largest absolute Gasteiger partial charge is 0.472 e. The molecule has 91 heavy (non-hydrogen) atoms. The standard InChI is InChI=1S/C72H140O17P2/c1-9-65(8)51-43-35-30-31-37-45-53-70(75)83-59-68(88-71(76)54-46-38-28-21-16-12-10-11-14-18-24-32-40-48-62(2)3)61-87-91(80,81)85-57-66(73)56-84-90(78,79)86-60-67(89-72(77)55-47-39-29-23-22-26-34-42-50-64(6)7)58-82-69(74)52-44-36-27-20-17-13-15-19-25-33-41-49-63(4)5/h62-68,73H,9-61H2,1-8H3,(H,78,79)(H,80,81)/t65?,66-,67-,68-/m1/s1. The number of esters is 4. The molecule has 0 fully saturated rings. The average molecular weight is 1340 g/mol. The van der Waals surface area contributed by atoms with Crippen LogP contribution in [-0.2, 0) is 65.4 Å². The Balaban J connectivity index is 5.24. The Morgan fingerprint density at radius 2 is 0.527 bits per heavy atom. The van der Waals surface area contributed by atoms with E-state index in [0.29, 0.717) is 25.7 Å². The highest BCUT2D eigenvalue weighted by atomic mass is 31.2. The molecule has 0 saturated carbocycles. The maximum absolute atomic E-state index is 13.0. The number of aliphatic hydroxyl groups excluding tert-OH is 1. The van der Waals surface area contributed by atoms with Gasteiger partial charge in [-0.3, -0.25) is 37.3 Å². The molecule has 3 unspecified atom stereocenters. The molecule has 0 heterocycles. The second-order valence-electron chi connectivity index (χ2n) is 27.6. The number of carbonyl (C=O) groups is 4. The van der Waals surface area contributed by atoms with Crippen LogP contribution in [0.1, 0.15) is 357 Å². The van der Waals surface area contributed by atoms with Gasteiger partial charge in [0.2, 0.25) is 0 Å². The third-order valence-corrected chi connectivity index (χ3v) is 18.8. The first-order chi connectivity index (χ1) is 43.6. The number of aliphatic hydroxyl groups is 1. The van der Waals surface area contributed by atoms with Crippen molar-refractivity contribution in [3.05, 3.63) is 0 Å². The molecule has 0 aliphatic carbocycles. The van der Waals surface area contributed by atoms with Crippen molar-refractivity contribution >= 4 is 39.5 Å². The smallest absolute Gasteiger partial charge is 0.462 e. The lowest BCUT2D eigenvalue weighted by atomic mass is 10.00. The van der Waals surface area contributed by atoms with Crippen LogP contribution >= 0.6 is 15.6 Å². The van der Waals surface area contributed by atoms with Gasteiger partial charge in [0.25, 0.3) is 0 Å². The number of rotatable bonds is 69. The highest BCUT2D eigenvalue weighted by Crippen LogP contribution is 2.45. The van der Waals surface area contributed by atoms with Crippen molar-refractivity contribution in [3.8, 4) is 0 Å². The van der Waals surface area contributed by atoms with Crippen molar-refractivity contribution < 1.29 is 80.2 Å². The second kappa shape index (κ2) is 61.6. The van der Waals surface area contributed by atoms with E-state index in [1.807, 2.05) is 0 Å². The van der Waals surface area contributed by atoms with Crippen LogP contribution in [0.25, 0.3) is 0 Å². The fourth-order valence-electron chi connectivity index (χ4n) is 10.8. The summed E-state index contributed by atoms with van der Waals surface area (Å²) in [6, 6.07) is 0. The predicted molar refractivity (Wildman–Crippen MR) is 367 cm³/mol. The summed E-state index contributed by atoms with van der Waals surface area (Å²) in [7, 11) is -9.91. The molecular formula is C72H140O17P2. The summed E-state index contributed by atoms with van der Waals surface area (Å²) in [5.74, 6) is 0.878. The second-order valence-corrected chi connectivity index (χ2v) is 30.6. The van der Waals surface area contributed by atoms with Crippen LogP contribution in [0.15, 0.2) is 0 Å². The molecule has 540 valence electrons. The van der Waals surface area contributed by atoms with Crippen molar-refractivity contribution in [1.82, 2.24) is 0 Å². The first-order valence-electron chi connectivity index (χ1n) is 37.2. The molecule has 0 aliphatic rings. The lowest BCUT2D eigenvalue weighted by molar-refractivity contribution is -0.161. The Hall–Kier alpha value is -1.94. The van der Waals surface area contributed by atoms with Gasteiger partial charge in [-0.1, -0.05) is 306 Å². The number of hydrogen-bond acceptors (Lipinski definition) is 15. The van der Waals surface area contributed by atoms with E-state index in [2.05, 4.69) is 55.4 Å². The van der Waals surface area contributed by atoms with Gasteiger partial charge in [-0.2, -0.15) is 0 Å². The van der Waals surface area contributed by atoms with E-state index in [4.69, 9.17) is 37.0 Å². The monoisotopic (exact) mass is 1340 g/mol. The molecule has 0 spiro atoms. The molecule has 17 nitrogen and oxygen atoms in total. The van der Waals surface area contributed by atoms with Crippen LogP contribution in [-0.4, -0.2) is 96.7 Å². The third kappa shape index (κ3) is 65.1. The summed E-state index contributed by atoms with van der Waals surface area (Å²) in [5, 5.41) is 10.6. The molecule has 0 saturated heterocycles. The molecule has 0 radical (unpaired) electrons. The topological polar surface area (TPSA) is 237 Å². The minimum absolute atomic E-state index is 0.104. The Kier molecular flexibility index (Phi) is 60.3. The number of phosphoric acid groups is 2. The van der Waals surface area contributed by atoms with Crippen molar-refractivity contribution in [1.29, 1.82) is 0 Å². The predicted octanol–water partition coefficient (Wildman–Crippen LogP) is 20.5. The number of unbranched alkanes of at least 4 members (excludes halogenated alkanes) is 34. The van der Waals surface area contributed by atoms with E-state index in [9.17, 15) is 43.2 Å². The van der Waals surface area contributed by atoms with Crippen LogP contribution in [0.2, 0.25) is 0 Å². The molecule has 19 heteroatoms. The van der Waals surface area contributed by atoms with Crippen LogP contribution < -0.4 is 0 Å². The first kappa shape index (κ1) is 89.1. The molecule has 6 atom stereocenters. The zero-order valence-corrected chi connectivity index (χ0v) is 61.3. The van der Waals surface area contributed by atoms with E-state index in [-0.39, 0.29) is 25.7 Å². The molecule has 3 N–H and O–H groups in total. The van der Waals surface area contributed by atoms with Crippen molar-refractivity contribution in [2.75, 3.05) is 39.6 Å². The van der Waals surface area contributed by atoms with Gasteiger partial charge in [0, 0.05) is 25.7 Å². The minimum atomic E-state index is -4.95. The molecule has 0 aromatic carbocycles. The summed E-state index contributed by atoms with van der Waals surface area (Å²) in [4.78, 5) is 72.6. The van der Waals surface area contributed by atoms with Gasteiger partial charge in [0.15, 0.2) is 12.2 Å². The van der Waals surface area contributed by atoms with E-state index < -0.39 is 97.5 Å². The van der Waals surface area contributed by atoms with Crippen LogP contribution in [0.3, 0.4) is 0 Å². The summed E-state index contributed by atoms with van der Waals surface area (Å²) < 4.78 is 68.4. The molecule has 0 aromatic rings. The summed E-state index contributed by atoms with van der Waals surface area (Å²) in [5.41, 5.74) is 0. The molecular weight excluding hydrogens is 1200 g/mol. The summed E-state index contributed by atoms with van der Waals surface area (Å²) in [6.45, 7) is 14.1. The zero-order valence-electron chi connectivity index (χ0n) is 59.5. The van der Waals surface area contributed by atoms with E-state index in [0.717, 1.165) is 120 Å². The van der Waals surface area contributed by atoms with Gasteiger partial charge in [0.05, 0.1) is 26.4 Å². The van der Waals surface area contributed by atoms with Gasteiger partial charge < -0.3 is 33.8 Å². The van der Waals surface area contributed by atoms with Crippen molar-refractivity contribution in [3.63, 3.8) is 0 Å². The van der Waals surface area contributed by atoms with Crippen molar-refractivity contribution in [2.24, 2.45) is 23.7 Å². The van der Waals surface area contributed by atoms with Gasteiger partial charge in [-0.25, -0.2) is 9.13 Å². The SMILES string of the molecule is CCC(C)CCCCCCCCC(=O)OC[C@H](COP(=O)(O)OC[C@H](O)COP(=O)(O)OC[C@@H](COC(=O)CCCCCCCCCCCCCC(C)C)OC(=O)CCCCCCCCCCC(C)C)OC(=O)CCCCCCCCCCCCCCCC(C)C. The van der Waals surface area contributed by atoms with Gasteiger partial charge in [-0.05, 0) is 49.4 Å². The number of phosphoric ester groups is 2. The van der Waals surface area contributed by atoms with Crippen LogP contribution in [0.5, 0.6) is 0 Å². The Morgan fingerprint density at radius 1 is 0.308 bits per heavy atom. The molecule has 0 amide bonds. The maximum atomic E-state index is 13.0. The quantitative estimate of drug-likeness (QED) is 0.0222. The fraction of sp³-hybridized carbons (Fsp3) is 0.944. The normalized spacial score (nSPS) is 14.5. The van der Waals surface area contributed by atoms with Gasteiger partial charge in [-0.15, -0.1) is 0 Å². The van der Waals surface area contributed by atoms with E-state index in [1.54, 1.807) is 0 Å². The summed E-state index contributed by atoms with van der Waals surface area (Å²) in [6.07, 6.45) is 44.5. The van der Waals surface area contributed by atoms with E-state index in [1.165, 1.54) is 154 Å². The highest BCUT2D eigenvalue weighted by molar-refractivity contribution is 7.47. The van der Waals surface area contributed by atoms with Crippen LogP contribution in [0, 0.1) is 23.7 Å². The molecule has 0 aromatic heterocycles. The number of hydrogen-bond donors (Lipinski definition) is 3. The molecule has 0 aliphatic heterocycles. The Labute approximate surface area is 556 Å². The maximum Gasteiger partial charge on any atom is 0.472 e. The minimum Gasteiger partial charge on any atom is -0.462 e. The van der Waals surface area contributed by atoms with Crippen molar-refractivity contribution in [2.45, 2.75) is 375 Å². The lowest BCUT2D eigenvalue weighted by Crippen LogP contribution is -2.30. The van der Waals surface area contributed by atoms with Crippen LogP contribution in [0.4, 0.5) is 0 Å². The third-order valence-electron chi connectivity index (χ3n) is 16.9. The lowest BCUT2D eigenvalue weighted by Gasteiger charge is -2.21. The first-order valence-corrected chi connectivity index (χ1v) is 40.2. The molecule has 0 rings (SSSR count). The summed E-state index contributed by atoms with van der Waals surface area (Å²) >= 11 is 0. The number of ether oxygens (including phenoxy) is 4. The zero-order chi connectivity index (χ0) is 67.5. The molecule has 0 bridgehead atoms. The fourth-order valence-corrected chi connectivity index (χ4v) is 12.4. The average Bonchev–Trinajstić information content (AvgIpc) is 3.69. The van der Waals surface area contributed by atoms with Gasteiger partial charge in [0.1, 0.15) is 19.3 Å². The number of carbonyl (C=O) groups excluding carboxylic acids is 4. The van der Waals surface area contributed by atoms with Gasteiger partial charge >= 0.3 is 39.5 Å². The van der Waals surface area contributed by atoms with E-state index >= 15 is 0 Å². The Bertz CT molecular complexity index is 1800.